The first kappa shape index (κ1) is 28.4. The highest BCUT2D eigenvalue weighted by molar-refractivity contribution is 6.02. The van der Waals surface area contributed by atoms with Crippen LogP contribution in [0.1, 0.15) is 47.2 Å². The molecule has 1 aliphatic rings. The normalized spacial score (nSPS) is 13.1. The maximum atomic E-state index is 13.2. The van der Waals surface area contributed by atoms with E-state index in [4.69, 9.17) is 14.2 Å². The number of ether oxygens (including phenoxy) is 3. The van der Waals surface area contributed by atoms with Crippen LogP contribution in [0, 0.1) is 0 Å². The van der Waals surface area contributed by atoms with E-state index in [2.05, 4.69) is 5.32 Å². The number of benzene rings is 3. The summed E-state index contributed by atoms with van der Waals surface area (Å²) in [6, 6.07) is 20.6. The molecule has 210 valence electrons. The van der Waals surface area contributed by atoms with Crippen LogP contribution in [0.25, 0.3) is 0 Å². The third kappa shape index (κ3) is 7.51. The molecule has 0 spiro atoms. The fourth-order valence-corrected chi connectivity index (χ4v) is 4.52. The standard InChI is InChI=1S/C30H33N3O7/c1-32(19-22-12-17-26(38-2)27(18-22)40-25-10-6-7-11-25)33(30(36)37)28(34)23-13-15-24(16-14-23)31-29(35)39-20-21-8-4-3-5-9-21/h3-5,8-9,12-18,25H,6-7,10-11,19-20H2,1-2H3,(H,31,35)(H,36,37). The number of anilines is 1. The minimum Gasteiger partial charge on any atom is -0.493 e. The summed E-state index contributed by atoms with van der Waals surface area (Å²) < 4.78 is 16.8. The van der Waals surface area contributed by atoms with E-state index in [1.807, 2.05) is 36.4 Å². The number of rotatable bonds is 10. The molecule has 1 saturated carbocycles. The number of hydrogen-bond acceptors (Lipinski definition) is 7. The van der Waals surface area contributed by atoms with E-state index in [1.165, 1.54) is 36.3 Å². The maximum Gasteiger partial charge on any atom is 0.429 e. The number of hydrazine groups is 1. The van der Waals surface area contributed by atoms with Gasteiger partial charge in [-0.3, -0.25) is 10.1 Å². The zero-order valence-corrected chi connectivity index (χ0v) is 22.5. The lowest BCUT2D eigenvalue weighted by Crippen LogP contribution is -2.47. The van der Waals surface area contributed by atoms with Crippen LogP contribution in [0.4, 0.5) is 15.3 Å². The quantitative estimate of drug-likeness (QED) is 0.300. The SMILES string of the molecule is COc1ccc(CN(C)N(C(=O)O)C(=O)c2ccc(NC(=O)OCc3ccccc3)cc2)cc1OC1CCCC1. The molecule has 4 rings (SSSR count). The molecule has 3 aromatic carbocycles. The number of nitrogens with zero attached hydrogens (tertiary/aromatic N) is 2. The van der Waals surface area contributed by atoms with Crippen molar-refractivity contribution in [2.75, 3.05) is 19.5 Å². The highest BCUT2D eigenvalue weighted by Gasteiger charge is 2.27. The van der Waals surface area contributed by atoms with Gasteiger partial charge in [0.15, 0.2) is 11.5 Å². The van der Waals surface area contributed by atoms with Crippen molar-refractivity contribution in [1.29, 1.82) is 0 Å². The lowest BCUT2D eigenvalue weighted by atomic mass is 10.1. The number of imide groups is 1. The molecule has 0 radical (unpaired) electrons. The first-order chi connectivity index (χ1) is 19.3. The molecule has 1 aliphatic carbocycles. The van der Waals surface area contributed by atoms with E-state index < -0.39 is 18.1 Å². The molecule has 0 heterocycles. The van der Waals surface area contributed by atoms with Crippen molar-refractivity contribution >= 4 is 23.8 Å². The Morgan fingerprint density at radius 3 is 2.27 bits per heavy atom. The summed E-state index contributed by atoms with van der Waals surface area (Å²) in [5.74, 6) is 0.463. The predicted molar refractivity (Wildman–Crippen MR) is 148 cm³/mol. The van der Waals surface area contributed by atoms with Gasteiger partial charge in [0.1, 0.15) is 6.61 Å². The Morgan fingerprint density at radius 1 is 0.925 bits per heavy atom. The largest absolute Gasteiger partial charge is 0.493 e. The second-order valence-corrected chi connectivity index (χ2v) is 9.49. The van der Waals surface area contributed by atoms with E-state index in [0.29, 0.717) is 22.2 Å². The first-order valence-electron chi connectivity index (χ1n) is 13.0. The van der Waals surface area contributed by atoms with Crippen LogP contribution in [0.2, 0.25) is 0 Å². The number of hydrogen-bond donors (Lipinski definition) is 2. The Bertz CT molecular complexity index is 1310. The van der Waals surface area contributed by atoms with Gasteiger partial charge >= 0.3 is 12.2 Å². The van der Waals surface area contributed by atoms with Gasteiger partial charge in [-0.15, -0.1) is 0 Å². The minimum absolute atomic E-state index is 0.117. The van der Waals surface area contributed by atoms with Crippen LogP contribution < -0.4 is 14.8 Å². The highest BCUT2D eigenvalue weighted by Crippen LogP contribution is 2.33. The van der Waals surface area contributed by atoms with Crippen LogP contribution in [-0.2, 0) is 17.9 Å². The second-order valence-electron chi connectivity index (χ2n) is 9.49. The van der Waals surface area contributed by atoms with E-state index in [1.54, 1.807) is 19.2 Å². The molecule has 10 nitrogen and oxygen atoms in total. The molecule has 0 atom stereocenters. The Balaban J connectivity index is 1.38. The van der Waals surface area contributed by atoms with E-state index in [9.17, 15) is 19.5 Å². The van der Waals surface area contributed by atoms with Gasteiger partial charge in [0.05, 0.1) is 13.2 Å². The van der Waals surface area contributed by atoms with Crippen LogP contribution in [-0.4, -0.2) is 53.5 Å². The van der Waals surface area contributed by atoms with Crippen LogP contribution in [0.15, 0.2) is 72.8 Å². The third-order valence-corrected chi connectivity index (χ3v) is 6.54. The number of carbonyl (C=O) groups excluding carboxylic acids is 2. The van der Waals surface area contributed by atoms with Crippen LogP contribution >= 0.6 is 0 Å². The average molecular weight is 548 g/mol. The molecule has 1 fully saturated rings. The van der Waals surface area contributed by atoms with Crippen LogP contribution in [0.3, 0.4) is 0 Å². The fourth-order valence-electron chi connectivity index (χ4n) is 4.52. The number of methoxy groups -OCH3 is 1. The molecule has 40 heavy (non-hydrogen) atoms. The number of nitrogens with one attached hydrogen (secondary N) is 1. The van der Waals surface area contributed by atoms with Crippen molar-refractivity contribution in [3.63, 3.8) is 0 Å². The Kier molecular flexibility index (Phi) is 9.58. The molecule has 0 unspecified atom stereocenters. The summed E-state index contributed by atoms with van der Waals surface area (Å²) in [5.41, 5.74) is 2.14. The maximum absolute atomic E-state index is 13.2. The topological polar surface area (TPSA) is 118 Å². The molecular formula is C30H33N3O7. The molecule has 0 aliphatic heterocycles. The number of carbonyl (C=O) groups is 3. The van der Waals surface area contributed by atoms with E-state index in [0.717, 1.165) is 36.8 Å². The van der Waals surface area contributed by atoms with Crippen molar-refractivity contribution in [3.8, 4) is 11.5 Å². The molecule has 0 saturated heterocycles. The van der Waals surface area contributed by atoms with Crippen molar-refractivity contribution in [2.45, 2.75) is 44.9 Å². The van der Waals surface area contributed by atoms with Gasteiger partial charge < -0.3 is 19.3 Å². The van der Waals surface area contributed by atoms with Gasteiger partial charge in [-0.25, -0.2) is 14.6 Å². The van der Waals surface area contributed by atoms with Crippen molar-refractivity contribution in [2.24, 2.45) is 0 Å². The molecule has 10 heteroatoms. The molecule has 0 aromatic heterocycles. The highest BCUT2D eigenvalue weighted by atomic mass is 16.5. The Morgan fingerprint density at radius 2 is 1.62 bits per heavy atom. The van der Waals surface area contributed by atoms with Gasteiger partial charge in [0.2, 0.25) is 0 Å². The van der Waals surface area contributed by atoms with Crippen molar-refractivity contribution in [1.82, 2.24) is 10.0 Å². The molecule has 3 aromatic rings. The third-order valence-electron chi connectivity index (χ3n) is 6.54. The smallest absolute Gasteiger partial charge is 0.429 e. The summed E-state index contributed by atoms with van der Waals surface area (Å²) in [5, 5.41) is 14.4. The van der Waals surface area contributed by atoms with Gasteiger partial charge in [-0.05, 0) is 73.2 Å². The van der Waals surface area contributed by atoms with Gasteiger partial charge in [0, 0.05) is 24.8 Å². The van der Waals surface area contributed by atoms with E-state index >= 15 is 0 Å². The minimum atomic E-state index is -1.42. The first-order valence-corrected chi connectivity index (χ1v) is 13.0. The molecule has 3 amide bonds. The Labute approximate surface area is 233 Å². The summed E-state index contributed by atoms with van der Waals surface area (Å²) in [7, 11) is 3.09. The molecule has 2 N–H and O–H groups in total. The van der Waals surface area contributed by atoms with Gasteiger partial charge in [0.25, 0.3) is 5.91 Å². The lowest BCUT2D eigenvalue weighted by molar-refractivity contribution is 0.00933. The van der Waals surface area contributed by atoms with Crippen molar-refractivity contribution < 1.29 is 33.7 Å². The Hall–Kier alpha value is -4.57. The lowest BCUT2D eigenvalue weighted by Gasteiger charge is -2.28. The molecular weight excluding hydrogens is 514 g/mol. The molecule has 0 bridgehead atoms. The van der Waals surface area contributed by atoms with Crippen LogP contribution in [0.5, 0.6) is 11.5 Å². The summed E-state index contributed by atoms with van der Waals surface area (Å²) in [6.07, 6.45) is 2.28. The second kappa shape index (κ2) is 13.5. The summed E-state index contributed by atoms with van der Waals surface area (Å²) >= 11 is 0. The van der Waals surface area contributed by atoms with E-state index in [-0.39, 0.29) is 24.8 Å². The summed E-state index contributed by atoms with van der Waals surface area (Å²) in [4.78, 5) is 37.4. The van der Waals surface area contributed by atoms with Gasteiger partial charge in [-0.2, -0.15) is 5.01 Å². The average Bonchev–Trinajstić information content (AvgIpc) is 3.46. The fraction of sp³-hybridized carbons (Fsp3) is 0.300. The monoisotopic (exact) mass is 547 g/mol. The number of carboxylic acid groups (broad SMARTS) is 1. The zero-order valence-electron chi connectivity index (χ0n) is 22.5. The summed E-state index contributed by atoms with van der Waals surface area (Å²) in [6.45, 7) is 0.251. The van der Waals surface area contributed by atoms with Gasteiger partial charge in [-0.1, -0.05) is 36.4 Å². The number of amides is 3. The van der Waals surface area contributed by atoms with Crippen molar-refractivity contribution in [3.05, 3.63) is 89.5 Å². The predicted octanol–water partition coefficient (Wildman–Crippen LogP) is 5.93. The zero-order chi connectivity index (χ0) is 28.5.